The third-order valence-corrected chi connectivity index (χ3v) is 6.94. The van der Waals surface area contributed by atoms with E-state index < -0.39 is 10.0 Å². The number of fused-ring (bicyclic) bond motifs is 1. The van der Waals surface area contributed by atoms with Gasteiger partial charge >= 0.3 is 0 Å². The van der Waals surface area contributed by atoms with Crippen molar-refractivity contribution >= 4 is 39.1 Å². The lowest BCUT2D eigenvalue weighted by Crippen LogP contribution is -2.36. The second-order valence-electron chi connectivity index (χ2n) is 5.28. The quantitative estimate of drug-likeness (QED) is 0.776. The van der Waals surface area contributed by atoms with Crippen molar-refractivity contribution < 1.29 is 8.42 Å². The zero-order chi connectivity index (χ0) is 15.9. The summed E-state index contributed by atoms with van der Waals surface area (Å²) in [6, 6.07) is 12.6. The molecule has 1 aliphatic rings. The SMILES string of the molecule is CSc1ccc(Cl)cc1S(=O)(=O)N1c2ccccc2C[C@H]1C. The number of para-hydroxylation sites is 1. The average molecular weight is 354 g/mol. The monoisotopic (exact) mass is 353 g/mol. The van der Waals surface area contributed by atoms with Crippen LogP contribution in [0, 0.1) is 0 Å². The first-order valence-corrected chi connectivity index (χ1v) is 9.95. The molecule has 0 bridgehead atoms. The standard InChI is InChI=1S/C16H16ClNO2S2/c1-11-9-12-5-3-4-6-14(12)18(11)22(19,20)16-10-13(17)7-8-15(16)21-2/h3-8,10-11H,9H2,1-2H3/t11-/m1/s1. The van der Waals surface area contributed by atoms with Crippen molar-refractivity contribution in [3.63, 3.8) is 0 Å². The van der Waals surface area contributed by atoms with E-state index in [2.05, 4.69) is 0 Å². The predicted molar refractivity (Wildman–Crippen MR) is 92.5 cm³/mol. The molecule has 1 aliphatic heterocycles. The molecule has 0 spiro atoms. The van der Waals surface area contributed by atoms with Crippen molar-refractivity contribution in [1.82, 2.24) is 0 Å². The van der Waals surface area contributed by atoms with Gasteiger partial charge in [0, 0.05) is 16.0 Å². The number of rotatable bonds is 3. The van der Waals surface area contributed by atoms with Gasteiger partial charge in [-0.2, -0.15) is 0 Å². The van der Waals surface area contributed by atoms with Crippen LogP contribution in [-0.4, -0.2) is 20.7 Å². The summed E-state index contributed by atoms with van der Waals surface area (Å²) in [6.07, 6.45) is 2.59. The Morgan fingerprint density at radius 2 is 1.95 bits per heavy atom. The van der Waals surface area contributed by atoms with E-state index >= 15 is 0 Å². The second kappa shape index (κ2) is 5.80. The smallest absolute Gasteiger partial charge is 0.263 e. The molecule has 1 heterocycles. The number of anilines is 1. The Hall–Kier alpha value is -1.17. The van der Waals surface area contributed by atoms with Crippen molar-refractivity contribution in [3.05, 3.63) is 53.1 Å². The van der Waals surface area contributed by atoms with Crippen LogP contribution in [0.3, 0.4) is 0 Å². The van der Waals surface area contributed by atoms with Gasteiger partial charge in [-0.1, -0.05) is 29.8 Å². The van der Waals surface area contributed by atoms with Crippen LogP contribution in [0.5, 0.6) is 0 Å². The number of hydrogen-bond acceptors (Lipinski definition) is 3. The Morgan fingerprint density at radius 1 is 1.23 bits per heavy atom. The highest BCUT2D eigenvalue weighted by Crippen LogP contribution is 2.39. The molecule has 0 aromatic heterocycles. The summed E-state index contributed by atoms with van der Waals surface area (Å²) >= 11 is 7.44. The molecule has 6 heteroatoms. The van der Waals surface area contributed by atoms with Gasteiger partial charge in [0.1, 0.15) is 4.90 Å². The number of hydrogen-bond donors (Lipinski definition) is 0. The maximum Gasteiger partial charge on any atom is 0.265 e. The third-order valence-electron chi connectivity index (χ3n) is 3.81. The molecule has 3 nitrogen and oxygen atoms in total. The van der Waals surface area contributed by atoms with Crippen LogP contribution in [0.25, 0.3) is 0 Å². The lowest BCUT2D eigenvalue weighted by Gasteiger charge is -2.25. The van der Waals surface area contributed by atoms with Crippen molar-refractivity contribution in [1.29, 1.82) is 0 Å². The molecule has 0 unspecified atom stereocenters. The topological polar surface area (TPSA) is 37.4 Å². The molecule has 0 aliphatic carbocycles. The van der Waals surface area contributed by atoms with Crippen LogP contribution in [0.15, 0.2) is 52.3 Å². The van der Waals surface area contributed by atoms with Crippen LogP contribution in [-0.2, 0) is 16.4 Å². The van der Waals surface area contributed by atoms with E-state index in [1.165, 1.54) is 22.1 Å². The highest BCUT2D eigenvalue weighted by atomic mass is 35.5. The molecule has 2 aromatic rings. The Morgan fingerprint density at radius 3 is 2.68 bits per heavy atom. The Bertz CT molecular complexity index is 821. The predicted octanol–water partition coefficient (Wildman–Crippen LogP) is 4.20. The Kier molecular flexibility index (Phi) is 4.14. The maximum atomic E-state index is 13.2. The highest BCUT2D eigenvalue weighted by molar-refractivity contribution is 7.99. The highest BCUT2D eigenvalue weighted by Gasteiger charge is 2.36. The largest absolute Gasteiger partial charge is 0.265 e. The first-order chi connectivity index (χ1) is 10.4. The zero-order valence-electron chi connectivity index (χ0n) is 12.3. The summed E-state index contributed by atoms with van der Waals surface area (Å²) in [6.45, 7) is 1.93. The molecule has 0 radical (unpaired) electrons. The average Bonchev–Trinajstić information content (AvgIpc) is 2.83. The van der Waals surface area contributed by atoms with E-state index in [0.29, 0.717) is 9.92 Å². The number of thioether (sulfide) groups is 1. The molecule has 116 valence electrons. The van der Waals surface area contributed by atoms with Gasteiger partial charge in [-0.3, -0.25) is 4.31 Å². The molecule has 0 fully saturated rings. The Labute approximate surface area is 140 Å². The van der Waals surface area contributed by atoms with E-state index in [1.807, 2.05) is 37.4 Å². The summed E-state index contributed by atoms with van der Waals surface area (Å²) in [5.74, 6) is 0. The minimum atomic E-state index is -3.64. The molecule has 0 amide bonds. The van der Waals surface area contributed by atoms with Crippen LogP contribution < -0.4 is 4.31 Å². The first-order valence-electron chi connectivity index (χ1n) is 6.91. The fourth-order valence-corrected chi connectivity index (χ4v) is 5.92. The van der Waals surface area contributed by atoms with Crippen LogP contribution in [0.1, 0.15) is 12.5 Å². The summed E-state index contributed by atoms with van der Waals surface area (Å²) in [7, 11) is -3.64. The van der Waals surface area contributed by atoms with Crippen molar-refractivity contribution in [2.24, 2.45) is 0 Å². The van der Waals surface area contributed by atoms with Gasteiger partial charge in [0.15, 0.2) is 0 Å². The van der Waals surface area contributed by atoms with Gasteiger partial charge in [0.25, 0.3) is 10.0 Å². The summed E-state index contributed by atoms with van der Waals surface area (Å²) in [5.41, 5.74) is 1.83. The van der Waals surface area contributed by atoms with E-state index in [0.717, 1.165) is 17.7 Å². The summed E-state index contributed by atoms with van der Waals surface area (Å²) in [5, 5.41) is 0.427. The van der Waals surface area contributed by atoms with Crippen molar-refractivity contribution in [2.75, 3.05) is 10.6 Å². The van der Waals surface area contributed by atoms with Gasteiger partial charge < -0.3 is 0 Å². The zero-order valence-corrected chi connectivity index (χ0v) is 14.7. The minimum absolute atomic E-state index is 0.101. The van der Waals surface area contributed by atoms with Crippen molar-refractivity contribution in [2.45, 2.75) is 29.2 Å². The van der Waals surface area contributed by atoms with Crippen LogP contribution in [0.4, 0.5) is 5.69 Å². The number of sulfonamides is 1. The van der Waals surface area contributed by atoms with E-state index in [1.54, 1.807) is 12.1 Å². The molecule has 0 saturated heterocycles. The van der Waals surface area contributed by atoms with E-state index in [-0.39, 0.29) is 10.9 Å². The molecule has 1 atom stereocenters. The third kappa shape index (κ3) is 2.51. The molecular weight excluding hydrogens is 338 g/mol. The molecule has 2 aromatic carbocycles. The van der Waals surface area contributed by atoms with Gasteiger partial charge in [-0.05, 0) is 49.4 Å². The lowest BCUT2D eigenvalue weighted by atomic mass is 10.1. The number of halogens is 1. The molecular formula is C16H16ClNO2S2. The molecule has 0 saturated carbocycles. The molecule has 0 N–H and O–H groups in total. The van der Waals surface area contributed by atoms with Gasteiger partial charge in [-0.25, -0.2) is 8.42 Å². The Balaban J connectivity index is 2.17. The molecule has 3 rings (SSSR count). The van der Waals surface area contributed by atoms with Gasteiger partial charge in [-0.15, -0.1) is 11.8 Å². The van der Waals surface area contributed by atoms with Crippen LogP contribution >= 0.6 is 23.4 Å². The molecule has 22 heavy (non-hydrogen) atoms. The van der Waals surface area contributed by atoms with Crippen molar-refractivity contribution in [3.8, 4) is 0 Å². The second-order valence-corrected chi connectivity index (χ2v) is 8.35. The normalized spacial score (nSPS) is 17.6. The number of benzene rings is 2. The van der Waals surface area contributed by atoms with E-state index in [4.69, 9.17) is 11.6 Å². The maximum absolute atomic E-state index is 13.2. The summed E-state index contributed by atoms with van der Waals surface area (Å²) < 4.78 is 27.9. The fourth-order valence-electron chi connectivity index (χ4n) is 2.86. The van der Waals surface area contributed by atoms with E-state index in [9.17, 15) is 8.42 Å². The van der Waals surface area contributed by atoms with Gasteiger partial charge in [0.05, 0.1) is 5.69 Å². The summed E-state index contributed by atoms with van der Waals surface area (Å²) in [4.78, 5) is 0.983. The lowest BCUT2D eigenvalue weighted by molar-refractivity contribution is 0.582. The number of nitrogens with zero attached hydrogens (tertiary/aromatic N) is 1. The first kappa shape index (κ1) is 15.7. The van der Waals surface area contributed by atoms with Gasteiger partial charge in [0.2, 0.25) is 0 Å². The fraction of sp³-hybridized carbons (Fsp3) is 0.250. The minimum Gasteiger partial charge on any atom is -0.263 e. The van der Waals surface area contributed by atoms with Crippen LogP contribution in [0.2, 0.25) is 5.02 Å².